The van der Waals surface area contributed by atoms with Crippen molar-refractivity contribution in [2.75, 3.05) is 39.9 Å². The molecule has 0 aliphatic rings. The summed E-state index contributed by atoms with van der Waals surface area (Å²) in [5.41, 5.74) is 0.851. The molecule has 1 aromatic rings. The van der Waals surface area contributed by atoms with Gasteiger partial charge < -0.3 is 15.4 Å². The van der Waals surface area contributed by atoms with Crippen LogP contribution < -0.4 is 10.6 Å². The van der Waals surface area contributed by atoms with E-state index in [0.29, 0.717) is 26.2 Å². The van der Waals surface area contributed by atoms with Crippen LogP contribution in [0.2, 0.25) is 0 Å². The molecule has 0 fully saturated rings. The first-order chi connectivity index (χ1) is 11.9. The van der Waals surface area contributed by atoms with Gasteiger partial charge in [0, 0.05) is 26.7 Å². The number of amides is 1. The van der Waals surface area contributed by atoms with E-state index in [1.165, 1.54) is 4.31 Å². The van der Waals surface area contributed by atoms with Crippen LogP contribution in [0.25, 0.3) is 0 Å². The first-order valence-electron chi connectivity index (χ1n) is 8.45. The van der Waals surface area contributed by atoms with Crippen LogP contribution in [0.1, 0.15) is 32.4 Å². The zero-order chi connectivity index (χ0) is 18.9. The molecule has 0 spiro atoms. The minimum absolute atomic E-state index is 0.122. The molecule has 1 amide bonds. The van der Waals surface area contributed by atoms with Crippen molar-refractivity contribution in [1.82, 2.24) is 14.9 Å². The van der Waals surface area contributed by atoms with Crippen LogP contribution in [0, 0.1) is 0 Å². The molecular formula is C17H29N3O4S. The van der Waals surface area contributed by atoms with Gasteiger partial charge in [0.1, 0.15) is 0 Å². The smallest absolute Gasteiger partial charge is 0.243 e. The molecule has 0 aliphatic heterocycles. The predicted octanol–water partition coefficient (Wildman–Crippen LogP) is 1.13. The molecule has 0 saturated carbocycles. The largest absolute Gasteiger partial charge is 0.383 e. The summed E-state index contributed by atoms with van der Waals surface area (Å²) in [4.78, 5) is 12.1. The lowest BCUT2D eigenvalue weighted by molar-refractivity contribution is -0.120. The van der Waals surface area contributed by atoms with Gasteiger partial charge in [-0.3, -0.25) is 4.79 Å². The SMILES string of the molecule is CCN(CC)S(=O)(=O)c1ccc(C(C)NC(=O)CNCCOC)cc1. The monoisotopic (exact) mass is 371 g/mol. The third-order valence-corrected chi connectivity index (χ3v) is 5.93. The summed E-state index contributed by atoms with van der Waals surface area (Å²) in [6.45, 7) is 7.72. The van der Waals surface area contributed by atoms with Gasteiger partial charge in [0.2, 0.25) is 15.9 Å². The van der Waals surface area contributed by atoms with E-state index in [2.05, 4.69) is 10.6 Å². The summed E-state index contributed by atoms with van der Waals surface area (Å²) in [6.07, 6.45) is 0. The first kappa shape index (κ1) is 21.6. The van der Waals surface area contributed by atoms with Crippen molar-refractivity contribution in [3.05, 3.63) is 29.8 Å². The molecule has 25 heavy (non-hydrogen) atoms. The van der Waals surface area contributed by atoms with E-state index < -0.39 is 10.0 Å². The Morgan fingerprint density at radius 3 is 2.32 bits per heavy atom. The molecule has 0 heterocycles. The van der Waals surface area contributed by atoms with E-state index in [0.717, 1.165) is 5.56 Å². The maximum atomic E-state index is 12.5. The topological polar surface area (TPSA) is 87.7 Å². The zero-order valence-corrected chi connectivity index (χ0v) is 16.2. The van der Waals surface area contributed by atoms with Crippen LogP contribution in [-0.2, 0) is 19.6 Å². The van der Waals surface area contributed by atoms with E-state index in [4.69, 9.17) is 4.74 Å². The zero-order valence-electron chi connectivity index (χ0n) is 15.4. The molecule has 2 N–H and O–H groups in total. The van der Waals surface area contributed by atoms with Crippen LogP contribution in [0.3, 0.4) is 0 Å². The van der Waals surface area contributed by atoms with Crippen molar-refractivity contribution < 1.29 is 17.9 Å². The summed E-state index contributed by atoms with van der Waals surface area (Å²) in [5, 5.41) is 5.85. The number of rotatable bonds is 11. The molecule has 0 saturated heterocycles. The van der Waals surface area contributed by atoms with Crippen LogP contribution in [0.4, 0.5) is 0 Å². The van der Waals surface area contributed by atoms with Crippen LogP contribution in [0.15, 0.2) is 29.2 Å². The highest BCUT2D eigenvalue weighted by Gasteiger charge is 2.21. The number of methoxy groups -OCH3 is 1. The molecule has 1 rings (SSSR count). The Labute approximate surface area is 150 Å². The second-order valence-corrected chi connectivity index (χ2v) is 7.56. The Morgan fingerprint density at radius 1 is 1.20 bits per heavy atom. The van der Waals surface area contributed by atoms with Gasteiger partial charge in [0.05, 0.1) is 24.1 Å². The quantitative estimate of drug-likeness (QED) is 0.570. The second kappa shape index (κ2) is 10.5. The molecule has 0 aromatic heterocycles. The van der Waals surface area contributed by atoms with E-state index in [9.17, 15) is 13.2 Å². The van der Waals surface area contributed by atoms with Crippen LogP contribution in [0.5, 0.6) is 0 Å². The molecule has 0 aliphatic carbocycles. The lowest BCUT2D eigenvalue weighted by Crippen LogP contribution is -2.36. The van der Waals surface area contributed by atoms with Gasteiger partial charge in [0.15, 0.2) is 0 Å². The second-order valence-electron chi connectivity index (χ2n) is 5.62. The first-order valence-corrected chi connectivity index (χ1v) is 9.89. The number of sulfonamides is 1. The van der Waals surface area contributed by atoms with Gasteiger partial charge in [-0.1, -0.05) is 26.0 Å². The van der Waals surface area contributed by atoms with E-state index in [-0.39, 0.29) is 23.4 Å². The number of ether oxygens (including phenoxy) is 1. The highest BCUT2D eigenvalue weighted by atomic mass is 32.2. The van der Waals surface area contributed by atoms with Crippen molar-refractivity contribution in [3.63, 3.8) is 0 Å². The molecule has 1 aromatic carbocycles. The van der Waals surface area contributed by atoms with Crippen molar-refractivity contribution >= 4 is 15.9 Å². The maximum Gasteiger partial charge on any atom is 0.243 e. The standard InChI is InChI=1S/C17H29N3O4S/c1-5-20(6-2)25(22,23)16-9-7-15(8-10-16)14(3)19-17(21)13-18-11-12-24-4/h7-10,14,18H,5-6,11-13H2,1-4H3,(H,19,21). The van der Waals surface area contributed by atoms with Gasteiger partial charge in [0.25, 0.3) is 0 Å². The Hall–Kier alpha value is -1.48. The van der Waals surface area contributed by atoms with Crippen molar-refractivity contribution in [2.45, 2.75) is 31.7 Å². The fourth-order valence-electron chi connectivity index (χ4n) is 2.39. The summed E-state index contributed by atoms with van der Waals surface area (Å²) in [7, 11) is -1.85. The molecule has 1 atom stereocenters. The average Bonchev–Trinajstić information content (AvgIpc) is 2.59. The van der Waals surface area contributed by atoms with Crippen LogP contribution in [-0.4, -0.2) is 58.5 Å². The van der Waals surface area contributed by atoms with E-state index in [1.54, 1.807) is 31.4 Å². The van der Waals surface area contributed by atoms with Crippen LogP contribution >= 0.6 is 0 Å². The molecule has 8 heteroatoms. The maximum absolute atomic E-state index is 12.5. The lowest BCUT2D eigenvalue weighted by Gasteiger charge is -2.19. The summed E-state index contributed by atoms with van der Waals surface area (Å²) >= 11 is 0. The van der Waals surface area contributed by atoms with Gasteiger partial charge in [-0.05, 0) is 24.6 Å². The number of nitrogens with one attached hydrogen (secondary N) is 2. The Balaban J connectivity index is 2.68. The Morgan fingerprint density at radius 2 is 1.80 bits per heavy atom. The molecule has 7 nitrogen and oxygen atoms in total. The van der Waals surface area contributed by atoms with Gasteiger partial charge >= 0.3 is 0 Å². The predicted molar refractivity (Wildman–Crippen MR) is 97.9 cm³/mol. The summed E-state index contributed by atoms with van der Waals surface area (Å²) in [6, 6.07) is 6.44. The van der Waals surface area contributed by atoms with E-state index in [1.807, 2.05) is 20.8 Å². The molecule has 0 bridgehead atoms. The number of carbonyl (C=O) groups is 1. The molecule has 0 radical (unpaired) electrons. The minimum Gasteiger partial charge on any atom is -0.383 e. The fourth-order valence-corrected chi connectivity index (χ4v) is 3.85. The number of hydrogen-bond acceptors (Lipinski definition) is 5. The van der Waals surface area contributed by atoms with Crippen molar-refractivity contribution in [3.8, 4) is 0 Å². The highest BCUT2D eigenvalue weighted by molar-refractivity contribution is 7.89. The summed E-state index contributed by atoms with van der Waals surface area (Å²) in [5.74, 6) is -0.122. The third-order valence-electron chi connectivity index (χ3n) is 3.87. The third kappa shape index (κ3) is 6.39. The number of hydrogen-bond donors (Lipinski definition) is 2. The lowest BCUT2D eigenvalue weighted by atomic mass is 10.1. The van der Waals surface area contributed by atoms with Gasteiger partial charge in [-0.15, -0.1) is 0 Å². The molecule has 142 valence electrons. The average molecular weight is 372 g/mol. The minimum atomic E-state index is -3.46. The summed E-state index contributed by atoms with van der Waals surface area (Å²) < 4.78 is 31.2. The number of nitrogens with zero attached hydrogens (tertiary/aromatic N) is 1. The normalized spacial score (nSPS) is 13.0. The fraction of sp³-hybridized carbons (Fsp3) is 0.588. The van der Waals surface area contributed by atoms with Gasteiger partial charge in [-0.25, -0.2) is 8.42 Å². The number of carbonyl (C=O) groups excluding carboxylic acids is 1. The van der Waals surface area contributed by atoms with Gasteiger partial charge in [-0.2, -0.15) is 4.31 Å². The molecule has 1 unspecified atom stereocenters. The van der Waals surface area contributed by atoms with Crippen molar-refractivity contribution in [2.24, 2.45) is 0 Å². The van der Waals surface area contributed by atoms with E-state index >= 15 is 0 Å². The highest BCUT2D eigenvalue weighted by Crippen LogP contribution is 2.19. The Bertz CT molecular complexity index is 628. The van der Waals surface area contributed by atoms with Crippen molar-refractivity contribution in [1.29, 1.82) is 0 Å². The number of benzene rings is 1. The Kier molecular flexibility index (Phi) is 9.05. The molecular weight excluding hydrogens is 342 g/mol.